The third-order valence-electron chi connectivity index (χ3n) is 4.18. The van der Waals surface area contributed by atoms with Gasteiger partial charge in [-0.3, -0.25) is 14.4 Å². The van der Waals surface area contributed by atoms with Gasteiger partial charge < -0.3 is 14.8 Å². The van der Waals surface area contributed by atoms with E-state index in [0.717, 1.165) is 11.1 Å². The summed E-state index contributed by atoms with van der Waals surface area (Å²) in [5.41, 5.74) is 3.13. The maximum Gasteiger partial charge on any atom is 0.306 e. The summed E-state index contributed by atoms with van der Waals surface area (Å²) < 4.78 is 9.95. The summed E-state index contributed by atoms with van der Waals surface area (Å²) in [7, 11) is 1.49. The van der Waals surface area contributed by atoms with Crippen LogP contribution in [0, 0.1) is 13.8 Å². The molecule has 0 radical (unpaired) electrons. The van der Waals surface area contributed by atoms with Crippen molar-refractivity contribution in [3.8, 4) is 5.75 Å². The maximum absolute atomic E-state index is 12.2. The fourth-order valence-electron chi connectivity index (χ4n) is 2.43. The molecule has 0 unspecified atom stereocenters. The monoisotopic (exact) mass is 403 g/mol. The lowest BCUT2D eigenvalue weighted by Gasteiger charge is -2.09. The largest absolute Gasteiger partial charge is 0.495 e. The minimum absolute atomic E-state index is 0.0248. The summed E-state index contributed by atoms with van der Waals surface area (Å²) >= 11 is 5.99. The number of aryl methyl sites for hydroxylation is 2. The molecule has 0 spiro atoms. The number of nitrogens with one attached hydrogen (secondary N) is 1. The maximum atomic E-state index is 12.2. The van der Waals surface area contributed by atoms with E-state index in [0.29, 0.717) is 22.0 Å². The van der Waals surface area contributed by atoms with Crippen LogP contribution in [0.15, 0.2) is 36.4 Å². The summed E-state index contributed by atoms with van der Waals surface area (Å²) in [4.78, 5) is 35.9. The van der Waals surface area contributed by atoms with Gasteiger partial charge in [-0.2, -0.15) is 0 Å². The number of rotatable bonds is 8. The van der Waals surface area contributed by atoms with E-state index in [1.807, 2.05) is 19.9 Å². The zero-order chi connectivity index (χ0) is 20.7. The molecule has 1 amide bonds. The van der Waals surface area contributed by atoms with Gasteiger partial charge in [0.25, 0.3) is 5.91 Å². The molecule has 0 aromatic heterocycles. The SMILES string of the molecule is COc1ccc(NC(=O)COC(=O)CCC(=O)c2ccc(C)c(C)c2)cc1Cl. The third kappa shape index (κ3) is 6.09. The number of esters is 1. The summed E-state index contributed by atoms with van der Waals surface area (Å²) in [6.45, 7) is 3.45. The van der Waals surface area contributed by atoms with E-state index < -0.39 is 18.5 Å². The van der Waals surface area contributed by atoms with Crippen LogP contribution in [0.5, 0.6) is 5.75 Å². The number of methoxy groups -OCH3 is 1. The normalized spacial score (nSPS) is 10.3. The Kier molecular flexibility index (Phi) is 7.58. The molecule has 28 heavy (non-hydrogen) atoms. The molecule has 2 aromatic carbocycles. The lowest BCUT2D eigenvalue weighted by molar-refractivity contribution is -0.147. The Morgan fingerprint density at radius 1 is 1.00 bits per heavy atom. The summed E-state index contributed by atoms with van der Waals surface area (Å²) in [6, 6.07) is 10.2. The fourth-order valence-corrected chi connectivity index (χ4v) is 2.69. The topological polar surface area (TPSA) is 81.7 Å². The van der Waals surface area contributed by atoms with Crippen LogP contribution in [-0.4, -0.2) is 31.4 Å². The first-order valence-corrected chi connectivity index (χ1v) is 9.07. The van der Waals surface area contributed by atoms with Crippen LogP contribution in [-0.2, 0) is 14.3 Å². The van der Waals surface area contributed by atoms with Crippen molar-refractivity contribution in [2.45, 2.75) is 26.7 Å². The van der Waals surface area contributed by atoms with Crippen LogP contribution < -0.4 is 10.1 Å². The first-order chi connectivity index (χ1) is 13.3. The van der Waals surface area contributed by atoms with Crippen LogP contribution in [0.25, 0.3) is 0 Å². The van der Waals surface area contributed by atoms with Crippen LogP contribution in [0.2, 0.25) is 5.02 Å². The van der Waals surface area contributed by atoms with Gasteiger partial charge in [-0.25, -0.2) is 0 Å². The van der Waals surface area contributed by atoms with Crippen molar-refractivity contribution in [3.05, 3.63) is 58.1 Å². The zero-order valence-electron chi connectivity index (χ0n) is 16.0. The van der Waals surface area contributed by atoms with E-state index in [9.17, 15) is 14.4 Å². The Morgan fingerprint density at radius 2 is 1.75 bits per heavy atom. The van der Waals surface area contributed by atoms with Gasteiger partial charge in [0, 0.05) is 17.7 Å². The second kappa shape index (κ2) is 9.90. The number of halogens is 1. The van der Waals surface area contributed by atoms with Crippen molar-refractivity contribution in [2.75, 3.05) is 19.0 Å². The average molecular weight is 404 g/mol. The first kappa shape index (κ1) is 21.4. The van der Waals surface area contributed by atoms with Gasteiger partial charge in [0.1, 0.15) is 5.75 Å². The number of carbonyl (C=O) groups is 3. The molecule has 0 fully saturated rings. The highest BCUT2D eigenvalue weighted by Gasteiger charge is 2.13. The van der Waals surface area contributed by atoms with E-state index >= 15 is 0 Å². The number of ketones is 1. The van der Waals surface area contributed by atoms with Gasteiger partial charge in [0.15, 0.2) is 12.4 Å². The Morgan fingerprint density at radius 3 is 2.39 bits per heavy atom. The van der Waals surface area contributed by atoms with E-state index in [1.165, 1.54) is 13.2 Å². The van der Waals surface area contributed by atoms with Crippen molar-refractivity contribution in [2.24, 2.45) is 0 Å². The molecule has 2 aromatic rings. The van der Waals surface area contributed by atoms with Crippen molar-refractivity contribution in [1.29, 1.82) is 0 Å². The average Bonchev–Trinajstić information content (AvgIpc) is 2.66. The summed E-state index contributed by atoms with van der Waals surface area (Å²) in [5, 5.41) is 2.92. The number of hydrogen-bond acceptors (Lipinski definition) is 5. The molecule has 0 aliphatic heterocycles. The van der Waals surface area contributed by atoms with Crippen molar-refractivity contribution < 1.29 is 23.9 Å². The van der Waals surface area contributed by atoms with Gasteiger partial charge in [0.05, 0.1) is 18.6 Å². The summed E-state index contributed by atoms with van der Waals surface area (Å²) in [6.07, 6.45) is -0.0650. The molecule has 7 heteroatoms. The predicted molar refractivity (Wildman–Crippen MR) is 107 cm³/mol. The van der Waals surface area contributed by atoms with Crippen molar-refractivity contribution >= 4 is 34.9 Å². The molecule has 0 heterocycles. The third-order valence-corrected chi connectivity index (χ3v) is 4.48. The molecule has 0 aliphatic carbocycles. The van der Waals surface area contributed by atoms with Gasteiger partial charge in [-0.15, -0.1) is 0 Å². The molecule has 148 valence electrons. The molecule has 0 atom stereocenters. The number of hydrogen-bond donors (Lipinski definition) is 1. The molecular formula is C21H22ClNO5. The van der Waals surface area contributed by atoms with Crippen LogP contribution in [0.3, 0.4) is 0 Å². The number of carbonyl (C=O) groups excluding carboxylic acids is 3. The molecule has 0 saturated carbocycles. The zero-order valence-corrected chi connectivity index (χ0v) is 16.8. The lowest BCUT2D eigenvalue weighted by Crippen LogP contribution is -2.21. The second-order valence-electron chi connectivity index (χ2n) is 6.28. The molecular weight excluding hydrogens is 382 g/mol. The van der Waals surface area contributed by atoms with E-state index in [-0.39, 0.29) is 18.6 Å². The Balaban J connectivity index is 1.77. The quantitative estimate of drug-likeness (QED) is 0.529. The molecule has 0 aliphatic rings. The standard InChI is InChI=1S/C21H22ClNO5/c1-13-4-5-15(10-14(13)2)18(24)7-9-21(26)28-12-20(25)23-16-6-8-19(27-3)17(22)11-16/h4-6,8,10-11H,7,9,12H2,1-3H3,(H,23,25). The molecule has 0 bridgehead atoms. The van der Waals surface area contributed by atoms with Gasteiger partial charge in [0.2, 0.25) is 0 Å². The van der Waals surface area contributed by atoms with Gasteiger partial charge >= 0.3 is 5.97 Å². The number of ether oxygens (including phenoxy) is 2. The van der Waals surface area contributed by atoms with Gasteiger partial charge in [-0.05, 0) is 49.2 Å². The van der Waals surface area contributed by atoms with E-state index in [4.69, 9.17) is 21.1 Å². The molecule has 2 rings (SSSR count). The summed E-state index contributed by atoms with van der Waals surface area (Å²) in [5.74, 6) is -0.771. The fraction of sp³-hybridized carbons (Fsp3) is 0.286. The lowest BCUT2D eigenvalue weighted by atomic mass is 10.0. The first-order valence-electron chi connectivity index (χ1n) is 8.69. The van der Waals surface area contributed by atoms with Crippen LogP contribution in [0.1, 0.15) is 34.3 Å². The highest BCUT2D eigenvalue weighted by atomic mass is 35.5. The van der Waals surface area contributed by atoms with Crippen molar-refractivity contribution in [3.63, 3.8) is 0 Å². The number of amides is 1. The van der Waals surface area contributed by atoms with Crippen LogP contribution >= 0.6 is 11.6 Å². The predicted octanol–water partition coefficient (Wildman–Crippen LogP) is 4.11. The Labute approximate surface area is 168 Å². The molecule has 1 N–H and O–H groups in total. The number of benzene rings is 2. The van der Waals surface area contributed by atoms with Crippen LogP contribution in [0.4, 0.5) is 5.69 Å². The number of Topliss-reactive ketones (excluding diaryl/α,β-unsaturated/α-hetero) is 1. The molecule has 0 saturated heterocycles. The minimum atomic E-state index is -0.611. The van der Waals surface area contributed by atoms with Crippen molar-refractivity contribution in [1.82, 2.24) is 0 Å². The number of anilines is 1. The smallest absolute Gasteiger partial charge is 0.306 e. The van der Waals surface area contributed by atoms with E-state index in [2.05, 4.69) is 5.32 Å². The Hall–Kier alpha value is -2.86. The van der Waals surface area contributed by atoms with E-state index in [1.54, 1.807) is 24.3 Å². The molecule has 6 nitrogen and oxygen atoms in total. The highest BCUT2D eigenvalue weighted by Crippen LogP contribution is 2.27. The highest BCUT2D eigenvalue weighted by molar-refractivity contribution is 6.32. The second-order valence-corrected chi connectivity index (χ2v) is 6.69. The van der Waals surface area contributed by atoms with Gasteiger partial charge in [-0.1, -0.05) is 23.7 Å². The Bertz CT molecular complexity index is 894. The minimum Gasteiger partial charge on any atom is -0.495 e.